The highest BCUT2D eigenvalue weighted by Gasteiger charge is 2.51. The molecule has 0 aromatic heterocycles. The lowest BCUT2D eigenvalue weighted by molar-refractivity contribution is -0.154. The van der Waals surface area contributed by atoms with E-state index in [9.17, 15) is 14.7 Å². The highest BCUT2D eigenvalue weighted by atomic mass is 16.6. The summed E-state index contributed by atoms with van der Waals surface area (Å²) in [4.78, 5) is 25.3. The number of rotatable bonds is 3. The first kappa shape index (κ1) is 16.1. The number of amides is 1. The molecule has 6 heteroatoms. The summed E-state index contributed by atoms with van der Waals surface area (Å²) in [7, 11) is 0. The molecule has 2 atom stereocenters. The molecule has 6 nitrogen and oxygen atoms in total. The van der Waals surface area contributed by atoms with Crippen LogP contribution in [0.3, 0.4) is 0 Å². The van der Waals surface area contributed by atoms with Gasteiger partial charge in [-0.05, 0) is 39.5 Å². The maximum absolute atomic E-state index is 12.1. The Labute approximate surface area is 125 Å². The van der Waals surface area contributed by atoms with Crippen LogP contribution in [0.15, 0.2) is 0 Å². The number of nitrogens with two attached hydrogens (primary N) is 1. The highest BCUT2D eigenvalue weighted by Crippen LogP contribution is 2.45. The molecular weight excluding hydrogens is 272 g/mol. The Morgan fingerprint density at radius 1 is 1.38 bits per heavy atom. The number of carbonyl (C=O) groups is 2. The Bertz CT molecular complexity index is 428. The van der Waals surface area contributed by atoms with Gasteiger partial charge in [0, 0.05) is 19.1 Å². The largest absolute Gasteiger partial charge is 0.481 e. The second-order valence-electron chi connectivity index (χ2n) is 7.39. The van der Waals surface area contributed by atoms with Gasteiger partial charge in [0.2, 0.25) is 0 Å². The minimum Gasteiger partial charge on any atom is -0.481 e. The Morgan fingerprint density at radius 2 is 2.00 bits per heavy atom. The first-order valence-electron chi connectivity index (χ1n) is 7.61. The molecule has 0 aromatic carbocycles. The third-order valence-corrected chi connectivity index (χ3v) is 4.38. The van der Waals surface area contributed by atoms with E-state index in [1.807, 2.05) is 20.8 Å². The smallest absolute Gasteiger partial charge is 0.410 e. The summed E-state index contributed by atoms with van der Waals surface area (Å²) in [6.45, 7) is 6.06. The maximum Gasteiger partial charge on any atom is 0.410 e. The van der Waals surface area contributed by atoms with Gasteiger partial charge in [0.25, 0.3) is 0 Å². The number of ether oxygens (including phenoxy) is 1. The van der Waals surface area contributed by atoms with Crippen molar-refractivity contribution in [1.82, 2.24) is 4.90 Å². The van der Waals surface area contributed by atoms with Crippen LogP contribution in [0.25, 0.3) is 0 Å². The van der Waals surface area contributed by atoms with E-state index in [4.69, 9.17) is 10.5 Å². The van der Waals surface area contributed by atoms with Gasteiger partial charge in [0.15, 0.2) is 0 Å². The molecule has 2 fully saturated rings. The number of hydrogen-bond donors (Lipinski definition) is 2. The lowest BCUT2D eigenvalue weighted by atomic mass is 9.71. The maximum atomic E-state index is 12.1. The molecule has 1 aliphatic heterocycles. The Morgan fingerprint density at radius 3 is 2.43 bits per heavy atom. The Hall–Kier alpha value is -1.30. The molecule has 21 heavy (non-hydrogen) atoms. The van der Waals surface area contributed by atoms with E-state index in [1.165, 1.54) is 4.90 Å². The quantitative estimate of drug-likeness (QED) is 0.829. The highest BCUT2D eigenvalue weighted by molar-refractivity contribution is 5.77. The van der Waals surface area contributed by atoms with E-state index in [0.29, 0.717) is 25.3 Å². The normalized spacial score (nSPS) is 30.1. The number of likely N-dealkylation sites (tertiary alicyclic amines) is 1. The van der Waals surface area contributed by atoms with Crippen molar-refractivity contribution >= 4 is 12.1 Å². The van der Waals surface area contributed by atoms with Crippen LogP contribution in [0.4, 0.5) is 4.79 Å². The monoisotopic (exact) mass is 298 g/mol. The number of nitrogens with zero attached hydrogens (tertiary/aromatic N) is 1. The number of hydrogen-bond acceptors (Lipinski definition) is 4. The van der Waals surface area contributed by atoms with Gasteiger partial charge in [-0.3, -0.25) is 4.79 Å². The van der Waals surface area contributed by atoms with Crippen LogP contribution in [-0.4, -0.2) is 46.8 Å². The average Bonchev–Trinajstić information content (AvgIpc) is 3.13. The molecule has 0 radical (unpaired) electrons. The van der Waals surface area contributed by atoms with Gasteiger partial charge in [0.1, 0.15) is 5.60 Å². The molecule has 3 N–H and O–H groups in total. The zero-order chi connectivity index (χ0) is 15.8. The zero-order valence-corrected chi connectivity index (χ0v) is 13.1. The van der Waals surface area contributed by atoms with Crippen molar-refractivity contribution in [2.24, 2.45) is 17.1 Å². The van der Waals surface area contributed by atoms with Crippen LogP contribution < -0.4 is 5.73 Å². The van der Waals surface area contributed by atoms with Crippen molar-refractivity contribution in [1.29, 1.82) is 0 Å². The summed E-state index contributed by atoms with van der Waals surface area (Å²) >= 11 is 0. The molecule has 1 heterocycles. The van der Waals surface area contributed by atoms with Crippen LogP contribution >= 0.6 is 0 Å². The summed E-state index contributed by atoms with van der Waals surface area (Å²) in [5.74, 6) is -0.342. The van der Waals surface area contributed by atoms with Crippen LogP contribution in [0.1, 0.15) is 46.5 Å². The summed E-state index contributed by atoms with van der Waals surface area (Å²) < 4.78 is 5.33. The van der Waals surface area contributed by atoms with Crippen LogP contribution in [-0.2, 0) is 9.53 Å². The fourth-order valence-electron chi connectivity index (χ4n) is 2.96. The Balaban J connectivity index is 2.03. The fraction of sp³-hybridized carbons (Fsp3) is 0.867. The van der Waals surface area contributed by atoms with Gasteiger partial charge in [-0.1, -0.05) is 12.8 Å². The molecule has 0 spiro atoms. The molecule has 1 saturated heterocycles. The van der Waals surface area contributed by atoms with E-state index in [1.54, 1.807) is 0 Å². The van der Waals surface area contributed by atoms with Gasteiger partial charge >= 0.3 is 12.1 Å². The molecule has 120 valence electrons. The van der Waals surface area contributed by atoms with Crippen LogP contribution in [0.5, 0.6) is 0 Å². The second-order valence-corrected chi connectivity index (χ2v) is 7.39. The van der Waals surface area contributed by atoms with Crippen molar-refractivity contribution < 1.29 is 19.4 Å². The third-order valence-electron chi connectivity index (χ3n) is 4.38. The molecular formula is C15H26N2O4. The fourth-order valence-corrected chi connectivity index (χ4v) is 2.96. The lowest BCUT2D eigenvalue weighted by Gasteiger charge is -2.43. The van der Waals surface area contributed by atoms with E-state index in [2.05, 4.69) is 0 Å². The van der Waals surface area contributed by atoms with Crippen molar-refractivity contribution in [2.45, 2.75) is 58.1 Å². The van der Waals surface area contributed by atoms with Crippen LogP contribution in [0, 0.1) is 11.3 Å². The molecule has 1 amide bonds. The Kier molecular flexibility index (Phi) is 4.19. The number of carboxylic acids is 1. The van der Waals surface area contributed by atoms with Gasteiger partial charge in [-0.25, -0.2) is 4.79 Å². The number of carboxylic acid groups (broad SMARTS) is 1. The van der Waals surface area contributed by atoms with Crippen molar-refractivity contribution in [3.63, 3.8) is 0 Å². The third kappa shape index (κ3) is 3.67. The average molecular weight is 298 g/mol. The van der Waals surface area contributed by atoms with E-state index >= 15 is 0 Å². The molecule has 0 aromatic rings. The molecule has 0 bridgehead atoms. The lowest BCUT2D eigenvalue weighted by Crippen LogP contribution is -2.60. The van der Waals surface area contributed by atoms with E-state index < -0.39 is 29.1 Å². The molecule has 2 unspecified atom stereocenters. The predicted molar refractivity (Wildman–Crippen MR) is 77.8 cm³/mol. The summed E-state index contributed by atoms with van der Waals surface area (Å²) in [5, 5.41) is 9.63. The molecule has 1 aliphatic carbocycles. The summed E-state index contributed by atoms with van der Waals surface area (Å²) in [6, 6.07) is -0.545. The van der Waals surface area contributed by atoms with Gasteiger partial charge in [-0.2, -0.15) is 0 Å². The van der Waals surface area contributed by atoms with Gasteiger partial charge in [-0.15, -0.1) is 0 Å². The minimum absolute atomic E-state index is 0.244. The molecule has 1 saturated carbocycles. The van der Waals surface area contributed by atoms with E-state index in [0.717, 1.165) is 12.8 Å². The number of piperidine rings is 1. The van der Waals surface area contributed by atoms with Crippen molar-refractivity contribution in [3.05, 3.63) is 0 Å². The van der Waals surface area contributed by atoms with Crippen molar-refractivity contribution in [2.75, 3.05) is 13.1 Å². The zero-order valence-electron chi connectivity index (χ0n) is 13.1. The van der Waals surface area contributed by atoms with Gasteiger partial charge < -0.3 is 20.5 Å². The topological polar surface area (TPSA) is 92.9 Å². The van der Waals surface area contributed by atoms with Crippen molar-refractivity contribution in [3.8, 4) is 0 Å². The van der Waals surface area contributed by atoms with E-state index in [-0.39, 0.29) is 6.54 Å². The molecule has 2 aliphatic rings. The summed E-state index contributed by atoms with van der Waals surface area (Å²) in [6.07, 6.45) is 2.81. The van der Waals surface area contributed by atoms with Crippen LogP contribution in [0.2, 0.25) is 0 Å². The minimum atomic E-state index is -0.889. The van der Waals surface area contributed by atoms with Gasteiger partial charge in [0.05, 0.1) is 5.41 Å². The summed E-state index contributed by atoms with van der Waals surface area (Å²) in [5.41, 5.74) is 4.70. The standard InChI is InChI=1S/C15H26N2O4/c1-14(2,3)21-13(20)17-7-6-15(12(18)19,11(16)9-17)8-10-4-5-10/h10-11H,4-9,16H2,1-3H3,(H,18,19). The number of aliphatic carboxylic acids is 1. The molecule has 2 rings (SSSR count). The number of carbonyl (C=O) groups excluding carboxylic acids is 1. The second kappa shape index (κ2) is 5.48. The first-order valence-corrected chi connectivity index (χ1v) is 7.61. The predicted octanol–water partition coefficient (Wildman–Crippen LogP) is 1.83. The SMILES string of the molecule is CC(C)(C)OC(=O)N1CCC(CC2CC2)(C(=O)O)C(N)C1. The first-order chi connectivity index (χ1) is 9.64.